The molecular weight excluding hydrogens is 220 g/mol. The van der Waals surface area contributed by atoms with Gasteiger partial charge in [0.15, 0.2) is 0 Å². The van der Waals surface area contributed by atoms with Crippen LogP contribution >= 0.6 is 0 Å². The molecule has 1 atom stereocenters. The van der Waals surface area contributed by atoms with Crippen molar-refractivity contribution in [3.63, 3.8) is 0 Å². The maximum atomic E-state index is 10.5. The van der Waals surface area contributed by atoms with Crippen LogP contribution in [0.4, 0.5) is 11.4 Å². The molecule has 0 fully saturated rings. The Labute approximate surface area is 89.1 Å². The van der Waals surface area contributed by atoms with Crippen molar-refractivity contribution in [2.75, 3.05) is 6.61 Å². The smallest absolute Gasteiger partial charge is 0.276 e. The van der Waals surface area contributed by atoms with E-state index in [1.54, 1.807) is 0 Å². The number of hydrogen-bond donors (Lipinski definition) is 2. The van der Waals surface area contributed by atoms with Gasteiger partial charge in [-0.2, -0.15) is 0 Å². The lowest BCUT2D eigenvalue weighted by atomic mass is 10.1. The van der Waals surface area contributed by atoms with E-state index in [9.17, 15) is 25.3 Å². The first-order valence-electron chi connectivity index (χ1n) is 4.18. The van der Waals surface area contributed by atoms with Gasteiger partial charge >= 0.3 is 0 Å². The van der Waals surface area contributed by atoms with E-state index < -0.39 is 33.9 Å². The highest BCUT2D eigenvalue weighted by atomic mass is 16.6. The van der Waals surface area contributed by atoms with Crippen LogP contribution in [-0.2, 0) is 0 Å². The molecule has 16 heavy (non-hydrogen) atoms. The second-order valence-corrected chi connectivity index (χ2v) is 3.00. The van der Waals surface area contributed by atoms with Crippen molar-refractivity contribution in [1.82, 2.24) is 0 Å². The first-order valence-corrected chi connectivity index (χ1v) is 4.18. The van der Waals surface area contributed by atoms with Crippen molar-refractivity contribution in [1.29, 1.82) is 0 Å². The molecule has 0 amide bonds. The second kappa shape index (κ2) is 4.64. The van der Waals surface area contributed by atoms with Crippen LogP contribution in [0.3, 0.4) is 0 Å². The molecule has 0 bridgehead atoms. The number of non-ortho nitro benzene ring substituents is 2. The highest BCUT2D eigenvalue weighted by molar-refractivity contribution is 5.47. The molecule has 8 heteroatoms. The number of rotatable bonds is 4. The molecule has 0 heterocycles. The number of aliphatic hydroxyl groups excluding tert-OH is 2. The van der Waals surface area contributed by atoms with E-state index in [4.69, 9.17) is 5.11 Å². The van der Waals surface area contributed by atoms with Gasteiger partial charge in [0.25, 0.3) is 11.4 Å². The first kappa shape index (κ1) is 12.0. The maximum Gasteiger partial charge on any atom is 0.276 e. The third-order valence-electron chi connectivity index (χ3n) is 1.90. The van der Waals surface area contributed by atoms with E-state index in [0.29, 0.717) is 0 Å². The quantitative estimate of drug-likeness (QED) is 0.571. The van der Waals surface area contributed by atoms with Crippen molar-refractivity contribution < 1.29 is 20.1 Å². The van der Waals surface area contributed by atoms with Crippen LogP contribution in [0.5, 0.6) is 0 Å². The zero-order valence-corrected chi connectivity index (χ0v) is 7.94. The molecule has 1 unspecified atom stereocenters. The van der Waals surface area contributed by atoms with Crippen LogP contribution < -0.4 is 0 Å². The predicted octanol–water partition coefficient (Wildman–Crippen LogP) is 0.529. The van der Waals surface area contributed by atoms with Crippen molar-refractivity contribution in [2.45, 2.75) is 6.10 Å². The molecule has 0 saturated heterocycles. The molecule has 0 radical (unpaired) electrons. The predicted molar refractivity (Wildman–Crippen MR) is 51.8 cm³/mol. The third-order valence-corrected chi connectivity index (χ3v) is 1.90. The SMILES string of the molecule is O=[N+]([O-])c1cc(C(O)CO)cc([N+](=O)[O-])c1. The molecule has 8 nitrogen and oxygen atoms in total. The molecular formula is C8H8N2O6. The average Bonchev–Trinajstić information content (AvgIpc) is 2.27. The Balaban J connectivity index is 3.29. The summed E-state index contributed by atoms with van der Waals surface area (Å²) in [5.41, 5.74) is -1.07. The number of hydrogen-bond acceptors (Lipinski definition) is 6. The third kappa shape index (κ3) is 2.49. The first-order chi connectivity index (χ1) is 7.45. The van der Waals surface area contributed by atoms with Crippen molar-refractivity contribution in [2.24, 2.45) is 0 Å². The standard InChI is InChI=1S/C8H8N2O6/c11-4-8(12)5-1-6(9(13)14)3-7(2-5)10(15)16/h1-3,8,11-12H,4H2. The molecule has 2 N–H and O–H groups in total. The number of nitrogens with zero attached hydrogens (tertiary/aromatic N) is 2. The van der Waals surface area contributed by atoms with Crippen molar-refractivity contribution >= 4 is 11.4 Å². The number of nitro groups is 2. The zero-order valence-electron chi connectivity index (χ0n) is 7.94. The van der Waals surface area contributed by atoms with Crippen LogP contribution in [0.2, 0.25) is 0 Å². The molecule has 0 aromatic heterocycles. The Morgan fingerprint density at radius 2 is 1.56 bits per heavy atom. The lowest BCUT2D eigenvalue weighted by Crippen LogP contribution is -2.04. The van der Waals surface area contributed by atoms with Crippen LogP contribution in [0, 0.1) is 20.2 Å². The Morgan fingerprint density at radius 3 is 1.88 bits per heavy atom. The minimum Gasteiger partial charge on any atom is -0.393 e. The molecule has 86 valence electrons. The van der Waals surface area contributed by atoms with Gasteiger partial charge in [0.1, 0.15) is 6.10 Å². The van der Waals surface area contributed by atoms with Gasteiger partial charge in [-0.3, -0.25) is 20.2 Å². The molecule has 1 aromatic carbocycles. The molecule has 0 spiro atoms. The number of benzene rings is 1. The summed E-state index contributed by atoms with van der Waals surface area (Å²) in [4.78, 5) is 19.3. The van der Waals surface area contributed by atoms with Gasteiger partial charge in [-0.05, 0) is 5.56 Å². The van der Waals surface area contributed by atoms with E-state index >= 15 is 0 Å². The van der Waals surface area contributed by atoms with Gasteiger partial charge in [0, 0.05) is 12.1 Å². The van der Waals surface area contributed by atoms with Crippen LogP contribution in [0.1, 0.15) is 11.7 Å². The van der Waals surface area contributed by atoms with E-state index in [1.165, 1.54) is 0 Å². The van der Waals surface area contributed by atoms with E-state index in [-0.39, 0.29) is 5.56 Å². The van der Waals surface area contributed by atoms with Crippen LogP contribution in [0.15, 0.2) is 18.2 Å². The summed E-state index contributed by atoms with van der Waals surface area (Å²) >= 11 is 0. The molecule has 0 aliphatic heterocycles. The summed E-state index contributed by atoms with van der Waals surface area (Å²) in [7, 11) is 0. The lowest BCUT2D eigenvalue weighted by molar-refractivity contribution is -0.394. The summed E-state index contributed by atoms with van der Waals surface area (Å²) < 4.78 is 0. The zero-order chi connectivity index (χ0) is 12.3. The summed E-state index contributed by atoms with van der Waals surface area (Å²) in [6.45, 7) is -0.668. The lowest BCUT2D eigenvalue weighted by Gasteiger charge is -2.06. The molecule has 0 aliphatic rings. The number of nitro benzene ring substituents is 2. The van der Waals surface area contributed by atoms with Gasteiger partial charge in [0.2, 0.25) is 0 Å². The Kier molecular flexibility index (Phi) is 3.48. The van der Waals surface area contributed by atoms with Gasteiger partial charge in [-0.25, -0.2) is 0 Å². The highest BCUT2D eigenvalue weighted by Crippen LogP contribution is 2.26. The molecule has 1 rings (SSSR count). The fraction of sp³-hybridized carbons (Fsp3) is 0.250. The van der Waals surface area contributed by atoms with Gasteiger partial charge in [-0.15, -0.1) is 0 Å². The van der Waals surface area contributed by atoms with Crippen LogP contribution in [0.25, 0.3) is 0 Å². The summed E-state index contributed by atoms with van der Waals surface area (Å²) in [5.74, 6) is 0. The van der Waals surface area contributed by atoms with Gasteiger partial charge in [-0.1, -0.05) is 0 Å². The second-order valence-electron chi connectivity index (χ2n) is 3.00. The Morgan fingerprint density at radius 1 is 1.12 bits per heavy atom. The Hall–Kier alpha value is -2.06. The van der Waals surface area contributed by atoms with Gasteiger partial charge in [0.05, 0.1) is 22.5 Å². The largest absolute Gasteiger partial charge is 0.393 e. The minimum absolute atomic E-state index is 0.0663. The van der Waals surface area contributed by atoms with Crippen molar-refractivity contribution in [3.05, 3.63) is 44.0 Å². The topological polar surface area (TPSA) is 127 Å². The van der Waals surface area contributed by atoms with Crippen molar-refractivity contribution in [3.8, 4) is 0 Å². The van der Waals surface area contributed by atoms with Gasteiger partial charge < -0.3 is 10.2 Å². The molecule has 0 saturated carbocycles. The van der Waals surface area contributed by atoms with Crippen LogP contribution in [-0.4, -0.2) is 26.7 Å². The Bertz CT molecular complexity index is 400. The molecule has 1 aromatic rings. The summed E-state index contributed by atoms with van der Waals surface area (Å²) in [5, 5.41) is 38.9. The maximum absolute atomic E-state index is 10.5. The fourth-order valence-corrected chi connectivity index (χ4v) is 1.13. The average molecular weight is 228 g/mol. The summed E-state index contributed by atoms with van der Waals surface area (Å²) in [6.07, 6.45) is -1.38. The number of aliphatic hydroxyl groups is 2. The normalized spacial score (nSPS) is 12.1. The fourth-order valence-electron chi connectivity index (χ4n) is 1.13. The van der Waals surface area contributed by atoms with E-state index in [0.717, 1.165) is 18.2 Å². The minimum atomic E-state index is -1.38. The highest BCUT2D eigenvalue weighted by Gasteiger charge is 2.19. The molecule has 0 aliphatic carbocycles. The van der Waals surface area contributed by atoms with E-state index in [1.807, 2.05) is 0 Å². The monoisotopic (exact) mass is 228 g/mol. The van der Waals surface area contributed by atoms with E-state index in [2.05, 4.69) is 0 Å². The summed E-state index contributed by atoms with van der Waals surface area (Å²) in [6, 6.07) is 2.75.